The number of allylic oxidation sites excluding steroid dienone is 2. The lowest BCUT2D eigenvalue weighted by Crippen LogP contribution is -2.64. The molecule has 16 fully saturated rings. The normalized spacial score (nSPS) is 48.4. The number of Topliss-reactive ketones (excluding diaryl/α,β-unsaturated/α-hetero) is 4. The number of hydrogen-bond donors (Lipinski definition) is 10. The minimum Gasteiger partial charge on any atom is -0.396 e. The molecule has 0 radical (unpaired) electrons. The molecule has 24 nitrogen and oxygen atoms in total. The van der Waals surface area contributed by atoms with E-state index in [0.717, 1.165) is 135 Å². The summed E-state index contributed by atoms with van der Waals surface area (Å²) in [5.41, 5.74) is -0.441. The lowest BCUT2D eigenvalue weighted by molar-refractivity contribution is -0.174. The van der Waals surface area contributed by atoms with Gasteiger partial charge in [0.1, 0.15) is 23.1 Å². The van der Waals surface area contributed by atoms with Crippen LogP contribution in [0.3, 0.4) is 0 Å². The summed E-state index contributed by atoms with van der Waals surface area (Å²) in [6.45, 7) is 53.1. The van der Waals surface area contributed by atoms with Gasteiger partial charge in [0.2, 0.25) is 23.6 Å². The molecule has 18 rings (SSSR count). The minimum atomic E-state index is -0.452. The largest absolute Gasteiger partial charge is 0.396 e. The number of fused-ring (bicyclic) bond motifs is 12. The molecule has 18 aliphatic carbocycles. The zero-order valence-electron chi connectivity index (χ0n) is 97.2. The summed E-state index contributed by atoms with van der Waals surface area (Å²) in [6.07, 6.45) is 24.9. The molecule has 146 heavy (non-hydrogen) atoms. The third-order valence-corrected chi connectivity index (χ3v) is 50.2. The van der Waals surface area contributed by atoms with Crippen LogP contribution in [0, 0.1) is 193 Å². The molecule has 10 N–H and O–H groups in total. The summed E-state index contributed by atoms with van der Waals surface area (Å²) < 4.78 is 11.6. The number of ketones is 4. The SMILES string of the molecule is CC(C)C(=O)N[C@H]1CC=C2CC3C(=O)C[C@]4(C)[C@@H](C(C)N(C)C)[C@H](O)C[C@@]4(C)C3CCC2[C@]1(C)CO.CC(C)C(=O)N[C@H]1CCC23C[C@]24C(=O)C[C@]2(C)[C@@H](C(C)N(C)C)[C@H](O)C[C@@]2(C)C4CCC3[C@]1(C)CO.COC[C@@]1(C)C2CCC3[C@@H](CC2=CC[C@@H]1NC(=O)C(C)C)C(=O)C[C@]1(C)[C@@H](C(C)N(C)C)[C@H](O)C[C@@]31C.COC[C@@]1(C)C2CCC3[C@]4(C)C[C@@H](O)[C@H](C(C)N(C)C)[C@@]4(C)CC(=O)[C@]34CC24CC[C@@H]1NC(=O)C(C)C. The van der Waals surface area contributed by atoms with Crippen LogP contribution in [-0.4, -0.2) is 267 Å². The van der Waals surface area contributed by atoms with Gasteiger partial charge in [-0.2, -0.15) is 0 Å². The van der Waals surface area contributed by atoms with Gasteiger partial charge in [0.05, 0.1) is 50.8 Å². The fraction of sp³-hybridized carbons (Fsp3) is 0.902. The Hall–Kier alpha value is -4.44. The summed E-state index contributed by atoms with van der Waals surface area (Å²) in [6, 6.07) is 0.750. The fourth-order valence-electron chi connectivity index (χ4n) is 40.7. The average molecular weight is 2040 g/mol. The highest BCUT2D eigenvalue weighted by atomic mass is 16.5. The Morgan fingerprint density at radius 2 is 0.637 bits per heavy atom. The van der Waals surface area contributed by atoms with Crippen molar-refractivity contribution >= 4 is 46.8 Å². The Morgan fingerprint density at radius 3 is 0.952 bits per heavy atom. The van der Waals surface area contributed by atoms with Crippen LogP contribution in [0.1, 0.15) is 333 Å². The second-order valence-corrected chi connectivity index (χ2v) is 58.1. The Kier molecular flexibility index (Phi) is 31.7. The average Bonchev–Trinajstić information content (AvgIpc) is 1.45. The van der Waals surface area contributed by atoms with Crippen LogP contribution >= 0.6 is 0 Å². The van der Waals surface area contributed by atoms with E-state index in [-0.39, 0.29) is 262 Å². The third-order valence-electron chi connectivity index (χ3n) is 50.2. The molecule has 0 aromatic heterocycles. The molecule has 0 aromatic rings. The van der Waals surface area contributed by atoms with Crippen molar-refractivity contribution < 1.29 is 78.5 Å². The quantitative estimate of drug-likeness (QED) is 0.0450. The minimum absolute atomic E-state index is 0.0114. The molecule has 0 heterocycles. The standard InChI is InChI=1S/2C31H52N2O4.2C30H50N2O4/c1-18(2)26(36)32-23-12-13-30-16-31(30)22(11-10-21(30)27(23,4)17-37-9)28(5)14-20(34)25(19(3)33(7)8)29(28,6)15-24(31)35;1-18(2)28(36)32-26-13-10-20-14-21-23(12-11-22(20)29(26,4)17-37-9)30(5)16-25(35)27(19(3)33(7)8)31(30,6)15-24(21)34;1-17(2)25(36)31-22-11-12-29-15-30(29)21(10-9-20(29)26(22,4)16-33)27(5)13-19(34)24(18(3)32(7)8)28(27,6)14-23(30)35;1-17(2)27(36)31-25-12-9-19-13-20-22(11-10-21(19)28(25,4)16-33)29(5)15-24(35)26(18(3)32(7)8)30(29,6)14-23(20)34/h18-23,25,34H,10-17H2,1-9H3,(H,32,36);10,18-19,21-23,25-27,35H,11-17H2,1-9H3,(H,32,36);17-22,24,33-34H,9-16H2,1-8H3,(H,31,36);9,17-18,20-22,24-26,33,35H,10-16H2,1-8H3,(H,31,36)/t19?,20-,21?,22?,23+,25+,27+,28+,29-,30?,31+;19?,21-,22?,23?,25-,26+,27+,29+,30+,31-;18?,19-,20?,21?,22+,24+,26+,27+,28-,29?,30+;18?,20?,21?,22?,24-,25+,26+,28+,29+,30-/m1111/s1. The van der Waals surface area contributed by atoms with Crippen molar-refractivity contribution in [2.45, 2.75) is 406 Å². The van der Waals surface area contributed by atoms with E-state index in [1.54, 1.807) is 14.2 Å². The molecule has 0 aromatic carbocycles. The smallest absolute Gasteiger partial charge is 0.222 e. The van der Waals surface area contributed by atoms with Crippen LogP contribution in [0.4, 0.5) is 0 Å². The van der Waals surface area contributed by atoms with E-state index in [1.165, 1.54) is 11.1 Å². The van der Waals surface area contributed by atoms with Crippen molar-refractivity contribution in [3.05, 3.63) is 23.3 Å². The van der Waals surface area contributed by atoms with Gasteiger partial charge >= 0.3 is 0 Å². The van der Waals surface area contributed by atoms with Gasteiger partial charge in [-0.1, -0.05) is 162 Å². The zero-order valence-corrected chi connectivity index (χ0v) is 97.2. The van der Waals surface area contributed by atoms with Crippen molar-refractivity contribution in [2.24, 2.45) is 193 Å². The Balaban J connectivity index is 0.000000146. The first kappa shape index (κ1) is 116. The first-order chi connectivity index (χ1) is 67.7. The van der Waals surface area contributed by atoms with Crippen LogP contribution in [0.5, 0.6) is 0 Å². The van der Waals surface area contributed by atoms with Crippen LogP contribution < -0.4 is 21.3 Å². The number of carbonyl (C=O) groups is 8. The fourth-order valence-corrected chi connectivity index (χ4v) is 40.7. The number of hydrogen-bond acceptors (Lipinski definition) is 20. The first-order valence-electron chi connectivity index (χ1n) is 58.0. The van der Waals surface area contributed by atoms with Crippen LogP contribution in [0.2, 0.25) is 0 Å². The van der Waals surface area contributed by atoms with Gasteiger partial charge in [-0.15, -0.1) is 0 Å². The van der Waals surface area contributed by atoms with E-state index in [2.05, 4.69) is 220 Å². The van der Waals surface area contributed by atoms with E-state index < -0.39 is 29.1 Å². The maximum Gasteiger partial charge on any atom is 0.222 e. The predicted octanol–water partition coefficient (Wildman–Crippen LogP) is 16.2. The van der Waals surface area contributed by atoms with Gasteiger partial charge in [-0.25, -0.2) is 0 Å². The van der Waals surface area contributed by atoms with Crippen molar-refractivity contribution in [1.29, 1.82) is 0 Å². The van der Waals surface area contributed by atoms with Gasteiger partial charge in [0, 0.05) is 180 Å². The molecule has 828 valence electrons. The van der Waals surface area contributed by atoms with Crippen molar-refractivity contribution in [3.8, 4) is 0 Å². The predicted molar refractivity (Wildman–Crippen MR) is 574 cm³/mol. The third kappa shape index (κ3) is 17.0. The van der Waals surface area contributed by atoms with Gasteiger partial charge in [-0.05, 0) is 327 Å². The van der Waals surface area contributed by atoms with Crippen LogP contribution in [-0.2, 0) is 47.8 Å². The molecule has 4 amide bonds. The highest BCUT2D eigenvalue weighted by Gasteiger charge is 2.89. The number of nitrogens with one attached hydrogen (secondary N) is 4. The molecule has 0 bridgehead atoms. The monoisotopic (exact) mass is 2040 g/mol. The summed E-state index contributed by atoms with van der Waals surface area (Å²) in [5.74, 6) is 4.03. The maximum atomic E-state index is 14.5. The van der Waals surface area contributed by atoms with Gasteiger partial charge < -0.3 is 81.0 Å². The summed E-state index contributed by atoms with van der Waals surface area (Å²) in [4.78, 5) is 116. The molecule has 4 spiro atoms. The molecule has 42 atom stereocenters. The van der Waals surface area contributed by atoms with Crippen molar-refractivity contribution in [2.75, 3.05) is 97.0 Å². The second-order valence-electron chi connectivity index (χ2n) is 58.1. The second kappa shape index (κ2) is 40.0. The molecule has 15 unspecified atom stereocenters. The van der Waals surface area contributed by atoms with Gasteiger partial charge in [-0.3, -0.25) is 38.4 Å². The number of aliphatic hydroxyl groups excluding tert-OH is 6. The van der Waals surface area contributed by atoms with Crippen molar-refractivity contribution in [3.63, 3.8) is 0 Å². The van der Waals surface area contributed by atoms with Crippen LogP contribution in [0.15, 0.2) is 23.3 Å². The highest BCUT2D eigenvalue weighted by molar-refractivity contribution is 5.93. The van der Waals surface area contributed by atoms with E-state index in [1.807, 2.05) is 55.4 Å². The number of ether oxygens (including phenoxy) is 2. The molecule has 16 saturated carbocycles. The maximum absolute atomic E-state index is 14.5. The van der Waals surface area contributed by atoms with Crippen molar-refractivity contribution in [1.82, 2.24) is 40.9 Å². The van der Waals surface area contributed by atoms with E-state index in [4.69, 9.17) is 9.47 Å². The molecular formula is C122H204N8O16. The molecular weight excluding hydrogens is 1830 g/mol. The number of methoxy groups -OCH3 is 2. The number of rotatable bonds is 22. The molecule has 18 aliphatic rings. The van der Waals surface area contributed by atoms with E-state index in [0.29, 0.717) is 80.3 Å². The number of amides is 4. The lowest BCUT2D eigenvalue weighted by atomic mass is 9.41. The van der Waals surface area contributed by atoms with E-state index in [9.17, 15) is 69.0 Å². The van der Waals surface area contributed by atoms with Gasteiger partial charge in [0.25, 0.3) is 0 Å². The lowest BCUT2D eigenvalue weighted by Gasteiger charge is -2.63. The summed E-state index contributed by atoms with van der Waals surface area (Å²) >= 11 is 0. The summed E-state index contributed by atoms with van der Waals surface area (Å²) in [7, 11) is 20.2. The Morgan fingerprint density at radius 1 is 0.356 bits per heavy atom. The van der Waals surface area contributed by atoms with Gasteiger partial charge in [0.15, 0.2) is 0 Å². The molecule has 0 aliphatic heterocycles. The first-order valence-corrected chi connectivity index (χ1v) is 58.0. The topological polar surface area (TPSA) is 337 Å². The number of nitrogens with zero attached hydrogens (tertiary/aromatic N) is 4. The number of aliphatic hydroxyl groups is 6. The molecule has 24 heteroatoms. The van der Waals surface area contributed by atoms with Crippen LogP contribution in [0.25, 0.3) is 0 Å². The van der Waals surface area contributed by atoms with E-state index >= 15 is 0 Å². The zero-order chi connectivity index (χ0) is 108. The Bertz CT molecular complexity index is 4950. The number of carbonyl (C=O) groups excluding carboxylic acids is 8. The highest BCUT2D eigenvalue weighted by Crippen LogP contribution is 2.90. The summed E-state index contributed by atoms with van der Waals surface area (Å²) in [5, 5.41) is 80.4. The Labute approximate surface area is 880 Å². The molecule has 0 saturated heterocycles.